The number of benzene rings is 1. The molecule has 102 valence electrons. The van der Waals surface area contributed by atoms with E-state index in [1.807, 2.05) is 6.92 Å². The zero-order valence-corrected chi connectivity index (χ0v) is 11.8. The molecule has 18 heavy (non-hydrogen) atoms. The van der Waals surface area contributed by atoms with Crippen LogP contribution in [0.2, 0.25) is 5.02 Å². The van der Waals surface area contributed by atoms with Gasteiger partial charge in [0.05, 0.1) is 0 Å². The Balaban J connectivity index is 3.16. The lowest BCUT2D eigenvalue weighted by molar-refractivity contribution is 0.345. The second-order valence-electron chi connectivity index (χ2n) is 4.40. The molecule has 1 rings (SSSR count). The maximum absolute atomic E-state index is 13.4. The molecule has 0 radical (unpaired) electrons. The molecule has 1 aromatic rings. The summed E-state index contributed by atoms with van der Waals surface area (Å²) in [7, 11) is 0. The van der Waals surface area contributed by atoms with Crippen LogP contribution in [0, 0.1) is 17.6 Å². The zero-order valence-electron chi connectivity index (χ0n) is 11.1. The summed E-state index contributed by atoms with van der Waals surface area (Å²) >= 11 is 6.04. The molecule has 0 aliphatic carbocycles. The van der Waals surface area contributed by atoms with Crippen molar-refractivity contribution in [1.82, 2.24) is 5.32 Å². The first kappa shape index (κ1) is 15.4. The van der Waals surface area contributed by atoms with Crippen LogP contribution in [0.1, 0.15) is 45.2 Å². The van der Waals surface area contributed by atoms with Gasteiger partial charge >= 0.3 is 0 Å². The van der Waals surface area contributed by atoms with Gasteiger partial charge in [-0.3, -0.25) is 0 Å². The average molecular weight is 276 g/mol. The van der Waals surface area contributed by atoms with Crippen LogP contribution in [0.5, 0.6) is 0 Å². The van der Waals surface area contributed by atoms with Gasteiger partial charge in [0.25, 0.3) is 0 Å². The van der Waals surface area contributed by atoms with Crippen LogP contribution in [0.3, 0.4) is 0 Å². The fourth-order valence-electron chi connectivity index (χ4n) is 2.29. The van der Waals surface area contributed by atoms with E-state index in [-0.39, 0.29) is 11.1 Å². The first-order valence-electron chi connectivity index (χ1n) is 6.42. The van der Waals surface area contributed by atoms with Gasteiger partial charge in [-0.25, -0.2) is 8.78 Å². The van der Waals surface area contributed by atoms with Crippen LogP contribution < -0.4 is 5.32 Å². The van der Waals surface area contributed by atoms with Gasteiger partial charge in [0.1, 0.15) is 0 Å². The van der Waals surface area contributed by atoms with Crippen LogP contribution in [-0.4, -0.2) is 6.54 Å². The van der Waals surface area contributed by atoms with Crippen molar-refractivity contribution in [1.29, 1.82) is 0 Å². The maximum atomic E-state index is 13.4. The lowest BCUT2D eigenvalue weighted by Crippen LogP contribution is -2.28. The summed E-state index contributed by atoms with van der Waals surface area (Å²) in [4.78, 5) is 0. The maximum Gasteiger partial charge on any atom is 0.160 e. The molecule has 0 saturated carbocycles. The van der Waals surface area contributed by atoms with Gasteiger partial charge in [-0.15, -0.1) is 0 Å². The van der Waals surface area contributed by atoms with E-state index in [4.69, 9.17) is 11.6 Å². The van der Waals surface area contributed by atoms with Gasteiger partial charge in [-0.05, 0) is 30.2 Å². The highest BCUT2D eigenvalue weighted by Gasteiger charge is 2.23. The smallest absolute Gasteiger partial charge is 0.160 e. The highest BCUT2D eigenvalue weighted by Crippen LogP contribution is 2.33. The molecule has 1 atom stereocenters. The second kappa shape index (κ2) is 7.05. The largest absolute Gasteiger partial charge is 0.310 e. The van der Waals surface area contributed by atoms with Gasteiger partial charge in [-0.2, -0.15) is 0 Å². The van der Waals surface area contributed by atoms with Crippen LogP contribution >= 0.6 is 11.6 Å². The van der Waals surface area contributed by atoms with Gasteiger partial charge < -0.3 is 5.32 Å². The van der Waals surface area contributed by atoms with E-state index in [9.17, 15) is 8.78 Å². The molecule has 1 aromatic carbocycles. The van der Waals surface area contributed by atoms with E-state index >= 15 is 0 Å². The second-order valence-corrected chi connectivity index (χ2v) is 4.81. The fraction of sp³-hybridized carbons (Fsp3) is 0.571. The minimum Gasteiger partial charge on any atom is -0.310 e. The summed E-state index contributed by atoms with van der Waals surface area (Å²) in [6, 6.07) is 2.23. The molecule has 0 aliphatic heterocycles. The van der Waals surface area contributed by atoms with Crippen molar-refractivity contribution in [2.75, 3.05) is 6.54 Å². The number of hydrogen-bond donors (Lipinski definition) is 1. The normalized spacial score (nSPS) is 13.1. The summed E-state index contributed by atoms with van der Waals surface area (Å²) in [6.07, 6.45) is 1.92. The number of nitrogens with one attached hydrogen (secondary N) is 1. The van der Waals surface area contributed by atoms with Crippen molar-refractivity contribution in [3.63, 3.8) is 0 Å². The molecule has 0 aromatic heterocycles. The molecule has 1 unspecified atom stereocenters. The zero-order chi connectivity index (χ0) is 13.7. The predicted octanol–water partition coefficient (Wildman–Crippen LogP) is 4.71. The van der Waals surface area contributed by atoms with Crippen LogP contribution in [0.4, 0.5) is 8.78 Å². The summed E-state index contributed by atoms with van der Waals surface area (Å²) in [5, 5.41) is 3.60. The molecule has 4 heteroatoms. The highest BCUT2D eigenvalue weighted by atomic mass is 35.5. The van der Waals surface area contributed by atoms with E-state index in [2.05, 4.69) is 19.2 Å². The van der Waals surface area contributed by atoms with E-state index in [1.54, 1.807) is 0 Å². The van der Waals surface area contributed by atoms with E-state index < -0.39 is 11.6 Å². The highest BCUT2D eigenvalue weighted by molar-refractivity contribution is 6.31. The Morgan fingerprint density at radius 3 is 2.17 bits per heavy atom. The van der Waals surface area contributed by atoms with Crippen LogP contribution in [0.25, 0.3) is 0 Å². The molecule has 0 saturated heterocycles. The number of rotatable bonds is 6. The summed E-state index contributed by atoms with van der Waals surface area (Å²) in [5.74, 6) is -1.39. The van der Waals surface area contributed by atoms with Gasteiger partial charge in [0.2, 0.25) is 0 Å². The summed E-state index contributed by atoms with van der Waals surface area (Å²) < 4.78 is 26.5. The lowest BCUT2D eigenvalue weighted by atomic mass is 9.88. The summed E-state index contributed by atoms with van der Waals surface area (Å²) in [6.45, 7) is 6.93. The predicted molar refractivity (Wildman–Crippen MR) is 71.9 cm³/mol. The van der Waals surface area contributed by atoms with Crippen molar-refractivity contribution < 1.29 is 8.78 Å². The van der Waals surface area contributed by atoms with Gasteiger partial charge in [-0.1, -0.05) is 45.2 Å². The third-order valence-corrected chi connectivity index (χ3v) is 3.65. The Kier molecular flexibility index (Phi) is 6.03. The van der Waals surface area contributed by atoms with Crippen molar-refractivity contribution in [3.8, 4) is 0 Å². The first-order valence-corrected chi connectivity index (χ1v) is 6.80. The molecule has 1 N–H and O–H groups in total. The fourth-order valence-corrected chi connectivity index (χ4v) is 2.55. The monoisotopic (exact) mass is 275 g/mol. The van der Waals surface area contributed by atoms with E-state index in [1.165, 1.54) is 6.07 Å². The van der Waals surface area contributed by atoms with Crippen molar-refractivity contribution in [2.45, 2.75) is 39.7 Å². The standard InChI is InChI=1S/C14H20ClF2N/c1-4-9(5-2)14(18-6-3)10-7-12(16)13(17)8-11(10)15/h7-9,14,18H,4-6H2,1-3H3. The minimum atomic E-state index is -0.899. The Labute approximate surface area is 113 Å². The third kappa shape index (κ3) is 3.42. The Bertz CT molecular complexity index is 392. The molecule has 1 nitrogen and oxygen atoms in total. The molecule has 0 bridgehead atoms. The SMILES string of the molecule is CCNC(c1cc(F)c(F)cc1Cl)C(CC)CC. The Hall–Kier alpha value is -0.670. The molecular weight excluding hydrogens is 256 g/mol. The lowest BCUT2D eigenvalue weighted by Gasteiger charge is -2.27. The van der Waals surface area contributed by atoms with Crippen LogP contribution in [-0.2, 0) is 0 Å². The number of hydrogen-bond acceptors (Lipinski definition) is 1. The van der Waals surface area contributed by atoms with Crippen molar-refractivity contribution in [2.24, 2.45) is 5.92 Å². The van der Waals surface area contributed by atoms with Crippen molar-refractivity contribution in [3.05, 3.63) is 34.4 Å². The van der Waals surface area contributed by atoms with E-state index in [0.717, 1.165) is 25.5 Å². The Morgan fingerprint density at radius 2 is 1.67 bits per heavy atom. The first-order chi connectivity index (χ1) is 8.54. The quantitative estimate of drug-likeness (QED) is 0.742. The summed E-state index contributed by atoms with van der Waals surface area (Å²) in [5.41, 5.74) is 0.645. The molecule has 0 fully saturated rings. The topological polar surface area (TPSA) is 12.0 Å². The molecule has 0 heterocycles. The Morgan fingerprint density at radius 1 is 1.11 bits per heavy atom. The van der Waals surface area contributed by atoms with E-state index in [0.29, 0.717) is 11.5 Å². The number of halogens is 3. The molecular formula is C14H20ClF2N. The van der Waals surface area contributed by atoms with Crippen molar-refractivity contribution >= 4 is 11.6 Å². The average Bonchev–Trinajstić information content (AvgIpc) is 2.34. The third-order valence-electron chi connectivity index (χ3n) is 3.32. The van der Waals surface area contributed by atoms with Gasteiger partial charge in [0.15, 0.2) is 11.6 Å². The minimum absolute atomic E-state index is 0.0346. The molecule has 0 spiro atoms. The molecule has 0 aliphatic rings. The van der Waals surface area contributed by atoms with Crippen LogP contribution in [0.15, 0.2) is 12.1 Å². The molecule has 0 amide bonds. The van der Waals surface area contributed by atoms with Gasteiger partial charge in [0, 0.05) is 11.1 Å².